The van der Waals surface area contributed by atoms with Gasteiger partial charge >= 0.3 is 0 Å². The van der Waals surface area contributed by atoms with Gasteiger partial charge in [0.2, 0.25) is 0 Å². The molecule has 1 aromatic heterocycles. The first-order chi connectivity index (χ1) is 10.2. The summed E-state index contributed by atoms with van der Waals surface area (Å²) in [6, 6.07) is 10.2. The molecule has 0 saturated carbocycles. The topological polar surface area (TPSA) is 32.3 Å². The van der Waals surface area contributed by atoms with Crippen LogP contribution in [0.3, 0.4) is 0 Å². The molecule has 0 aliphatic carbocycles. The van der Waals surface area contributed by atoms with Gasteiger partial charge in [-0.05, 0) is 24.0 Å². The van der Waals surface area contributed by atoms with Gasteiger partial charge in [-0.1, -0.05) is 44.2 Å². The summed E-state index contributed by atoms with van der Waals surface area (Å²) >= 11 is 1.74. The third-order valence-corrected chi connectivity index (χ3v) is 5.25. The van der Waals surface area contributed by atoms with Crippen LogP contribution in [0.1, 0.15) is 40.2 Å². The van der Waals surface area contributed by atoms with Gasteiger partial charge in [0.25, 0.3) is 5.91 Å². The van der Waals surface area contributed by atoms with Crippen LogP contribution in [0.15, 0.2) is 30.3 Å². The molecule has 1 aromatic carbocycles. The highest BCUT2D eigenvalue weighted by Gasteiger charge is 2.29. The molecule has 2 heterocycles. The van der Waals surface area contributed by atoms with Crippen molar-refractivity contribution in [1.82, 2.24) is 4.90 Å². The molecule has 0 saturated heterocycles. The first-order valence-electron chi connectivity index (χ1n) is 7.46. The molecule has 3 nitrogen and oxygen atoms in total. The van der Waals surface area contributed by atoms with E-state index in [2.05, 4.69) is 31.3 Å². The highest BCUT2D eigenvalue weighted by atomic mass is 32.1. The number of rotatable bonds is 4. The Labute approximate surface area is 129 Å². The first-order valence-corrected chi connectivity index (χ1v) is 8.27. The maximum absolute atomic E-state index is 12.8. The van der Waals surface area contributed by atoms with Gasteiger partial charge in [0.1, 0.15) is 5.00 Å². The number of anilines is 1. The van der Waals surface area contributed by atoms with Crippen LogP contribution in [0.2, 0.25) is 0 Å². The van der Waals surface area contributed by atoms with E-state index in [4.69, 9.17) is 0 Å². The molecule has 0 bridgehead atoms. The van der Waals surface area contributed by atoms with Crippen LogP contribution in [-0.2, 0) is 19.4 Å². The van der Waals surface area contributed by atoms with E-state index in [9.17, 15) is 4.79 Å². The second kappa shape index (κ2) is 5.90. The van der Waals surface area contributed by atoms with Crippen molar-refractivity contribution in [2.24, 2.45) is 0 Å². The van der Waals surface area contributed by atoms with E-state index in [-0.39, 0.29) is 5.91 Å². The van der Waals surface area contributed by atoms with Crippen molar-refractivity contribution in [2.45, 2.75) is 33.2 Å². The summed E-state index contributed by atoms with van der Waals surface area (Å²) in [5, 5.41) is 4.47. The summed E-state index contributed by atoms with van der Waals surface area (Å²) in [4.78, 5) is 16.1. The van der Waals surface area contributed by atoms with E-state index >= 15 is 0 Å². The Morgan fingerprint density at radius 2 is 1.95 bits per heavy atom. The molecule has 110 valence electrons. The van der Waals surface area contributed by atoms with Gasteiger partial charge in [-0.3, -0.25) is 4.79 Å². The lowest BCUT2D eigenvalue weighted by atomic mass is 10.0. The van der Waals surface area contributed by atoms with Gasteiger partial charge in [-0.25, -0.2) is 0 Å². The molecule has 4 heteroatoms. The molecule has 0 fully saturated rings. The molecule has 3 rings (SSSR count). The van der Waals surface area contributed by atoms with Crippen molar-refractivity contribution in [3.05, 3.63) is 51.9 Å². The average molecular weight is 300 g/mol. The SMILES string of the molecule is CCc1sc2c(c1CC)C(=O)N(Cc1ccccc1)CN2. The Morgan fingerprint density at radius 3 is 2.62 bits per heavy atom. The molecule has 1 N–H and O–H groups in total. The molecule has 0 spiro atoms. The van der Waals surface area contributed by atoms with Crippen molar-refractivity contribution in [3.8, 4) is 0 Å². The Bertz CT molecular complexity index is 648. The quantitative estimate of drug-likeness (QED) is 0.929. The van der Waals surface area contributed by atoms with Gasteiger partial charge in [-0.2, -0.15) is 0 Å². The van der Waals surface area contributed by atoms with Crippen LogP contribution in [0, 0.1) is 0 Å². The molecule has 21 heavy (non-hydrogen) atoms. The molecular formula is C17H20N2OS. The van der Waals surface area contributed by atoms with E-state index in [0.717, 1.165) is 23.4 Å². The minimum atomic E-state index is 0.167. The molecule has 0 radical (unpaired) electrons. The lowest BCUT2D eigenvalue weighted by Gasteiger charge is -2.28. The van der Waals surface area contributed by atoms with Crippen LogP contribution in [-0.4, -0.2) is 17.5 Å². The minimum Gasteiger partial charge on any atom is -0.359 e. The number of benzene rings is 1. The summed E-state index contributed by atoms with van der Waals surface area (Å²) in [7, 11) is 0. The summed E-state index contributed by atoms with van der Waals surface area (Å²) in [5.74, 6) is 0.167. The Balaban J connectivity index is 1.90. The number of nitrogens with one attached hydrogen (secondary N) is 1. The number of aryl methyl sites for hydroxylation is 1. The third kappa shape index (κ3) is 2.56. The molecule has 0 unspecified atom stereocenters. The minimum absolute atomic E-state index is 0.167. The van der Waals surface area contributed by atoms with E-state index in [1.807, 2.05) is 23.1 Å². The maximum Gasteiger partial charge on any atom is 0.258 e. The maximum atomic E-state index is 12.8. The van der Waals surface area contributed by atoms with Crippen LogP contribution in [0.5, 0.6) is 0 Å². The number of hydrogen-bond acceptors (Lipinski definition) is 3. The van der Waals surface area contributed by atoms with Crippen LogP contribution in [0.25, 0.3) is 0 Å². The number of amides is 1. The fraction of sp³-hybridized carbons (Fsp3) is 0.353. The zero-order valence-electron chi connectivity index (χ0n) is 12.5. The number of carbonyl (C=O) groups is 1. The zero-order valence-corrected chi connectivity index (χ0v) is 13.3. The molecule has 0 atom stereocenters. The predicted molar refractivity (Wildman–Crippen MR) is 87.9 cm³/mol. The van der Waals surface area contributed by atoms with Gasteiger partial charge in [-0.15, -0.1) is 11.3 Å². The Kier molecular flexibility index (Phi) is 3.97. The summed E-state index contributed by atoms with van der Waals surface area (Å²) in [6.45, 7) is 5.54. The molecule has 1 amide bonds. The smallest absolute Gasteiger partial charge is 0.258 e. The van der Waals surface area contributed by atoms with Gasteiger partial charge in [0.15, 0.2) is 0 Å². The molecule has 1 aliphatic heterocycles. The van der Waals surface area contributed by atoms with Crippen molar-refractivity contribution in [2.75, 3.05) is 12.0 Å². The van der Waals surface area contributed by atoms with Crippen molar-refractivity contribution < 1.29 is 4.79 Å². The summed E-state index contributed by atoms with van der Waals surface area (Å²) in [5.41, 5.74) is 3.30. The number of nitrogens with zero attached hydrogens (tertiary/aromatic N) is 1. The van der Waals surface area contributed by atoms with Crippen molar-refractivity contribution in [3.63, 3.8) is 0 Å². The fourth-order valence-electron chi connectivity index (χ4n) is 2.85. The van der Waals surface area contributed by atoms with Gasteiger partial charge < -0.3 is 10.2 Å². The normalized spacial score (nSPS) is 14.0. The van der Waals surface area contributed by atoms with Crippen molar-refractivity contribution in [1.29, 1.82) is 0 Å². The van der Waals surface area contributed by atoms with Crippen LogP contribution >= 0.6 is 11.3 Å². The lowest BCUT2D eigenvalue weighted by molar-refractivity contribution is 0.0746. The molecular weight excluding hydrogens is 280 g/mol. The fourth-order valence-corrected chi connectivity index (χ4v) is 4.06. The van der Waals surface area contributed by atoms with E-state index in [0.29, 0.717) is 13.2 Å². The highest BCUT2D eigenvalue weighted by Crippen LogP contribution is 2.37. The highest BCUT2D eigenvalue weighted by molar-refractivity contribution is 7.16. The average Bonchev–Trinajstić information content (AvgIpc) is 2.89. The third-order valence-electron chi connectivity index (χ3n) is 3.91. The monoisotopic (exact) mass is 300 g/mol. The molecule has 2 aromatic rings. The number of thiophene rings is 1. The number of carbonyl (C=O) groups excluding carboxylic acids is 1. The van der Waals surface area contributed by atoms with E-state index < -0.39 is 0 Å². The summed E-state index contributed by atoms with van der Waals surface area (Å²) < 4.78 is 0. The van der Waals surface area contributed by atoms with E-state index in [1.165, 1.54) is 16.0 Å². The zero-order chi connectivity index (χ0) is 14.8. The molecule has 1 aliphatic rings. The second-order valence-corrected chi connectivity index (χ2v) is 6.34. The van der Waals surface area contributed by atoms with Crippen LogP contribution < -0.4 is 5.32 Å². The standard InChI is InChI=1S/C17H20N2OS/c1-3-13-14(4-2)21-16-15(13)17(20)19(11-18-16)10-12-8-6-5-7-9-12/h5-9,18H,3-4,10-11H2,1-2H3. The van der Waals surface area contributed by atoms with E-state index in [1.54, 1.807) is 11.3 Å². The predicted octanol–water partition coefficient (Wildman–Crippen LogP) is 3.90. The summed E-state index contributed by atoms with van der Waals surface area (Å²) in [6.07, 6.45) is 1.91. The largest absolute Gasteiger partial charge is 0.359 e. The number of fused-ring (bicyclic) bond motifs is 1. The lowest BCUT2D eigenvalue weighted by Crippen LogP contribution is -2.39. The second-order valence-electron chi connectivity index (χ2n) is 5.24. The van der Waals surface area contributed by atoms with Gasteiger partial charge in [0.05, 0.1) is 12.2 Å². The van der Waals surface area contributed by atoms with Crippen LogP contribution in [0.4, 0.5) is 5.00 Å². The first kappa shape index (κ1) is 14.1. The van der Waals surface area contributed by atoms with Gasteiger partial charge in [0, 0.05) is 11.4 Å². The number of hydrogen-bond donors (Lipinski definition) is 1. The Morgan fingerprint density at radius 1 is 1.19 bits per heavy atom. The Hall–Kier alpha value is -1.81. The van der Waals surface area contributed by atoms with Crippen molar-refractivity contribution >= 4 is 22.2 Å².